The second kappa shape index (κ2) is 9.82. The molecule has 1 saturated heterocycles. The largest absolute Gasteiger partial charge is 0.508 e. The fourth-order valence-corrected chi connectivity index (χ4v) is 3.36. The highest BCUT2D eigenvalue weighted by molar-refractivity contribution is 5.56. The number of allylic oxidation sites excluding steroid dienone is 4. The Labute approximate surface area is 158 Å². The fourth-order valence-electron chi connectivity index (χ4n) is 3.36. The molecule has 2 rings (SSSR count). The molecule has 0 aromatic heterocycles. The number of phenols is 2. The van der Waals surface area contributed by atoms with Crippen molar-refractivity contribution in [3.63, 3.8) is 0 Å². The van der Waals surface area contributed by atoms with Gasteiger partial charge >= 0.3 is 0 Å². The maximum atomic E-state index is 10.8. The molecule has 3 nitrogen and oxygen atoms in total. The molecule has 144 valence electrons. The minimum absolute atomic E-state index is 0.228. The van der Waals surface area contributed by atoms with E-state index in [2.05, 4.69) is 45.2 Å². The average Bonchev–Trinajstić information content (AvgIpc) is 3.39. The lowest BCUT2D eigenvalue weighted by molar-refractivity contribution is 0.434. The van der Waals surface area contributed by atoms with E-state index in [4.69, 9.17) is 0 Å². The second-order valence-electron chi connectivity index (χ2n) is 7.79. The first kappa shape index (κ1) is 20.6. The van der Waals surface area contributed by atoms with Gasteiger partial charge in [0.15, 0.2) is 0 Å². The van der Waals surface area contributed by atoms with Gasteiger partial charge in [0.25, 0.3) is 0 Å². The van der Waals surface area contributed by atoms with Crippen LogP contribution in [0.1, 0.15) is 82.5 Å². The van der Waals surface area contributed by atoms with Crippen molar-refractivity contribution in [3.8, 4) is 11.5 Å². The number of benzene rings is 1. The van der Waals surface area contributed by atoms with Gasteiger partial charge in [-0.05, 0) is 64.5 Å². The van der Waals surface area contributed by atoms with E-state index < -0.39 is 0 Å². The Balaban J connectivity index is 2.15. The molecule has 1 aromatic rings. The zero-order valence-electron chi connectivity index (χ0n) is 16.9. The van der Waals surface area contributed by atoms with Crippen LogP contribution in [0, 0.1) is 0 Å². The molecule has 1 aliphatic rings. The van der Waals surface area contributed by atoms with Gasteiger partial charge in [-0.1, -0.05) is 43.1 Å². The van der Waals surface area contributed by atoms with Crippen LogP contribution >= 0.6 is 0 Å². The zero-order chi connectivity index (χ0) is 19.1. The Kier molecular flexibility index (Phi) is 7.77. The molecule has 1 atom stereocenters. The van der Waals surface area contributed by atoms with Gasteiger partial charge < -0.3 is 15.5 Å². The van der Waals surface area contributed by atoms with Crippen LogP contribution in [0.5, 0.6) is 11.5 Å². The third kappa shape index (κ3) is 5.91. The van der Waals surface area contributed by atoms with E-state index in [1.165, 1.54) is 24.0 Å². The molecule has 0 radical (unpaired) electrons. The van der Waals surface area contributed by atoms with Crippen LogP contribution in [0.2, 0.25) is 0 Å². The number of nitrogens with one attached hydrogen (secondary N) is 1. The Hall–Kier alpha value is -1.74. The van der Waals surface area contributed by atoms with Crippen molar-refractivity contribution in [1.29, 1.82) is 0 Å². The standard InChI is InChI=1S/C23H35NO2/c1-5-6-7-11-18-14-21(25)19(23(26)22(18)20-15-24-20)13-12-17(4)10-8-9-16(2)3/h9,12,14,20,24-26H,5-8,10-11,13,15H2,1-4H3/b17-12+. The molecule has 0 saturated carbocycles. The van der Waals surface area contributed by atoms with Crippen LogP contribution in [0.3, 0.4) is 0 Å². The monoisotopic (exact) mass is 357 g/mol. The lowest BCUT2D eigenvalue weighted by atomic mass is 9.93. The summed E-state index contributed by atoms with van der Waals surface area (Å²) in [6.07, 6.45) is 11.4. The summed E-state index contributed by atoms with van der Waals surface area (Å²) in [4.78, 5) is 0. The molecule has 3 N–H and O–H groups in total. The summed E-state index contributed by atoms with van der Waals surface area (Å²) in [5.74, 6) is 0.520. The van der Waals surface area contributed by atoms with Crippen LogP contribution in [-0.2, 0) is 12.8 Å². The molecular formula is C23H35NO2. The predicted octanol–water partition coefficient (Wildman–Crippen LogP) is 5.71. The molecule has 0 bridgehead atoms. The number of phenolic OH excluding ortho intramolecular Hbond substituents is 2. The van der Waals surface area contributed by atoms with E-state index in [1.807, 2.05) is 6.07 Å². The van der Waals surface area contributed by atoms with Crippen LogP contribution < -0.4 is 5.32 Å². The highest BCUT2D eigenvalue weighted by Crippen LogP contribution is 2.41. The van der Waals surface area contributed by atoms with Crippen molar-refractivity contribution in [1.82, 2.24) is 5.32 Å². The smallest absolute Gasteiger partial charge is 0.127 e. The third-order valence-corrected chi connectivity index (χ3v) is 5.06. The summed E-state index contributed by atoms with van der Waals surface area (Å²) >= 11 is 0. The summed E-state index contributed by atoms with van der Waals surface area (Å²) in [5, 5.41) is 24.6. The fraction of sp³-hybridized carbons (Fsp3) is 0.565. The van der Waals surface area contributed by atoms with E-state index in [0.717, 1.165) is 43.4 Å². The first-order valence-corrected chi connectivity index (χ1v) is 10.0. The Bertz CT molecular complexity index is 665. The number of aromatic hydroxyl groups is 2. The molecular weight excluding hydrogens is 322 g/mol. The summed E-state index contributed by atoms with van der Waals surface area (Å²) in [6, 6.07) is 2.13. The topological polar surface area (TPSA) is 62.4 Å². The Morgan fingerprint density at radius 3 is 2.54 bits per heavy atom. The van der Waals surface area contributed by atoms with E-state index in [-0.39, 0.29) is 11.8 Å². The van der Waals surface area contributed by atoms with E-state index >= 15 is 0 Å². The van der Waals surface area contributed by atoms with Gasteiger partial charge in [0, 0.05) is 23.7 Å². The van der Waals surface area contributed by atoms with Crippen molar-refractivity contribution < 1.29 is 10.2 Å². The van der Waals surface area contributed by atoms with Crippen molar-refractivity contribution in [2.24, 2.45) is 0 Å². The second-order valence-corrected chi connectivity index (χ2v) is 7.79. The molecule has 1 aliphatic heterocycles. The van der Waals surface area contributed by atoms with Crippen molar-refractivity contribution in [3.05, 3.63) is 46.1 Å². The molecule has 26 heavy (non-hydrogen) atoms. The summed E-state index contributed by atoms with van der Waals surface area (Å²) < 4.78 is 0. The zero-order valence-corrected chi connectivity index (χ0v) is 16.9. The van der Waals surface area contributed by atoms with E-state index in [1.54, 1.807) is 0 Å². The van der Waals surface area contributed by atoms with Gasteiger partial charge in [-0.25, -0.2) is 0 Å². The minimum Gasteiger partial charge on any atom is -0.508 e. The minimum atomic E-state index is 0.228. The summed E-state index contributed by atoms with van der Waals surface area (Å²) in [6.45, 7) is 9.45. The first-order valence-electron chi connectivity index (χ1n) is 10.0. The van der Waals surface area contributed by atoms with Gasteiger partial charge in [-0.3, -0.25) is 0 Å². The SMILES string of the molecule is CCCCCc1cc(O)c(C/C=C(\C)CCC=C(C)C)c(O)c1C1CN1. The highest BCUT2D eigenvalue weighted by Gasteiger charge is 2.30. The molecule has 1 aromatic carbocycles. The van der Waals surface area contributed by atoms with Gasteiger partial charge in [0.2, 0.25) is 0 Å². The van der Waals surface area contributed by atoms with Gasteiger partial charge in [0.1, 0.15) is 11.5 Å². The summed E-state index contributed by atoms with van der Waals surface area (Å²) in [7, 11) is 0. The number of aryl methyl sites for hydroxylation is 1. The molecule has 0 amide bonds. The molecule has 0 aliphatic carbocycles. The number of hydrogen-bond donors (Lipinski definition) is 3. The molecule has 1 heterocycles. The van der Waals surface area contributed by atoms with Crippen molar-refractivity contribution in [2.45, 2.75) is 78.7 Å². The summed E-state index contributed by atoms with van der Waals surface area (Å²) in [5.41, 5.74) is 5.39. The van der Waals surface area contributed by atoms with E-state index in [9.17, 15) is 10.2 Å². The Morgan fingerprint density at radius 2 is 1.92 bits per heavy atom. The van der Waals surface area contributed by atoms with Crippen LogP contribution in [0.25, 0.3) is 0 Å². The number of hydrogen-bond acceptors (Lipinski definition) is 3. The number of rotatable bonds is 10. The normalized spacial score (nSPS) is 16.6. The average molecular weight is 358 g/mol. The van der Waals surface area contributed by atoms with Crippen LogP contribution in [0.15, 0.2) is 29.4 Å². The van der Waals surface area contributed by atoms with E-state index in [0.29, 0.717) is 17.7 Å². The third-order valence-electron chi connectivity index (χ3n) is 5.06. The lowest BCUT2D eigenvalue weighted by Gasteiger charge is -2.16. The lowest BCUT2D eigenvalue weighted by Crippen LogP contribution is -2.00. The van der Waals surface area contributed by atoms with Crippen LogP contribution in [-0.4, -0.2) is 16.8 Å². The van der Waals surface area contributed by atoms with Crippen LogP contribution in [0.4, 0.5) is 0 Å². The number of unbranched alkanes of at least 4 members (excludes halogenated alkanes) is 2. The molecule has 1 fully saturated rings. The predicted molar refractivity (Wildman–Crippen MR) is 110 cm³/mol. The maximum Gasteiger partial charge on any atom is 0.127 e. The molecule has 3 heteroatoms. The first-order chi connectivity index (χ1) is 12.4. The Morgan fingerprint density at radius 1 is 1.19 bits per heavy atom. The van der Waals surface area contributed by atoms with Gasteiger partial charge in [0.05, 0.1) is 0 Å². The van der Waals surface area contributed by atoms with Gasteiger partial charge in [-0.2, -0.15) is 0 Å². The highest BCUT2D eigenvalue weighted by atomic mass is 16.3. The van der Waals surface area contributed by atoms with Gasteiger partial charge in [-0.15, -0.1) is 0 Å². The molecule has 1 unspecified atom stereocenters. The maximum absolute atomic E-state index is 10.8. The van der Waals surface area contributed by atoms with Crippen molar-refractivity contribution >= 4 is 0 Å². The quantitative estimate of drug-likeness (QED) is 0.285. The van der Waals surface area contributed by atoms with Crippen molar-refractivity contribution in [2.75, 3.05) is 6.54 Å². The molecule has 0 spiro atoms.